The van der Waals surface area contributed by atoms with E-state index in [0.29, 0.717) is 12.2 Å². The van der Waals surface area contributed by atoms with Gasteiger partial charge in [-0.25, -0.2) is 0 Å². The second kappa shape index (κ2) is 9.71. The first-order valence-corrected chi connectivity index (χ1v) is 11.1. The van der Waals surface area contributed by atoms with Crippen molar-refractivity contribution in [3.8, 4) is 5.75 Å². The SMILES string of the molecule is OCc1ccccc1Pc1cc(Cc2ccccc2)cc(Cc2ccccc2)c1O. The molecule has 1 unspecified atom stereocenters. The van der Waals surface area contributed by atoms with Gasteiger partial charge in [-0.3, -0.25) is 0 Å². The maximum absolute atomic E-state index is 11.1. The molecule has 0 aliphatic heterocycles. The zero-order valence-corrected chi connectivity index (χ0v) is 17.8. The third kappa shape index (κ3) is 4.97. The predicted octanol–water partition coefficient (Wildman–Crippen LogP) is 4.70. The van der Waals surface area contributed by atoms with Crippen LogP contribution in [-0.2, 0) is 19.4 Å². The van der Waals surface area contributed by atoms with Crippen LogP contribution in [0.15, 0.2) is 97.1 Å². The minimum atomic E-state index is 0.00448. The van der Waals surface area contributed by atoms with Gasteiger partial charge in [0.2, 0.25) is 0 Å². The Labute approximate surface area is 179 Å². The Balaban J connectivity index is 1.73. The van der Waals surface area contributed by atoms with E-state index in [4.69, 9.17) is 0 Å². The molecule has 30 heavy (non-hydrogen) atoms. The molecule has 0 fully saturated rings. The van der Waals surface area contributed by atoms with Crippen molar-refractivity contribution in [2.45, 2.75) is 19.4 Å². The largest absolute Gasteiger partial charge is 0.507 e. The number of aliphatic hydroxyl groups excluding tert-OH is 1. The summed E-state index contributed by atoms with van der Waals surface area (Å²) in [6.45, 7) is 0.00448. The maximum atomic E-state index is 11.1. The minimum Gasteiger partial charge on any atom is -0.507 e. The van der Waals surface area contributed by atoms with Crippen molar-refractivity contribution in [2.24, 2.45) is 0 Å². The molecule has 0 aliphatic carbocycles. The van der Waals surface area contributed by atoms with Gasteiger partial charge in [0, 0.05) is 11.7 Å². The number of aromatic hydroxyl groups is 1. The van der Waals surface area contributed by atoms with Crippen LogP contribution in [0, 0.1) is 0 Å². The smallest absolute Gasteiger partial charge is 0.126 e. The van der Waals surface area contributed by atoms with Crippen molar-refractivity contribution < 1.29 is 10.2 Å². The van der Waals surface area contributed by atoms with E-state index in [9.17, 15) is 10.2 Å². The minimum absolute atomic E-state index is 0.00448. The van der Waals surface area contributed by atoms with Crippen molar-refractivity contribution in [1.82, 2.24) is 0 Å². The van der Waals surface area contributed by atoms with Gasteiger partial charge in [-0.05, 0) is 45.6 Å². The number of hydrogen-bond donors (Lipinski definition) is 2. The normalized spacial score (nSPS) is 11.2. The van der Waals surface area contributed by atoms with E-state index >= 15 is 0 Å². The molecule has 4 aromatic carbocycles. The van der Waals surface area contributed by atoms with E-state index in [0.717, 1.165) is 28.2 Å². The first-order chi connectivity index (χ1) is 14.7. The molecule has 1 atom stereocenters. The molecule has 0 radical (unpaired) electrons. The van der Waals surface area contributed by atoms with Gasteiger partial charge >= 0.3 is 0 Å². The highest BCUT2D eigenvalue weighted by molar-refractivity contribution is 7.55. The molecule has 0 spiro atoms. The molecular formula is C27H25O2P. The standard InChI is InChI=1S/C27H25O2P/c28-19-23-13-7-8-14-25(23)30-26-18-22(15-20-9-3-1-4-10-20)17-24(27(26)29)16-21-11-5-2-6-12-21/h1-14,17-18,28-30H,15-16,19H2. The van der Waals surface area contributed by atoms with Crippen molar-refractivity contribution in [3.63, 3.8) is 0 Å². The Morgan fingerprint density at radius 1 is 0.567 bits per heavy atom. The lowest BCUT2D eigenvalue weighted by molar-refractivity contribution is 0.283. The Hall–Kier alpha value is -2.93. The monoisotopic (exact) mass is 412 g/mol. The number of phenolic OH excluding ortho intramolecular Hbond substituents is 1. The second-order valence-corrected chi connectivity index (χ2v) is 8.74. The van der Waals surface area contributed by atoms with Crippen LogP contribution < -0.4 is 10.6 Å². The van der Waals surface area contributed by atoms with Crippen LogP contribution >= 0.6 is 8.58 Å². The van der Waals surface area contributed by atoms with E-state index in [-0.39, 0.29) is 15.2 Å². The van der Waals surface area contributed by atoms with Gasteiger partial charge in [-0.1, -0.05) is 99.6 Å². The van der Waals surface area contributed by atoms with E-state index in [1.807, 2.05) is 48.5 Å². The van der Waals surface area contributed by atoms with E-state index in [2.05, 4.69) is 48.5 Å². The number of benzene rings is 4. The molecule has 0 amide bonds. The average Bonchev–Trinajstić information content (AvgIpc) is 2.78. The second-order valence-electron chi connectivity index (χ2n) is 7.42. The Morgan fingerprint density at radius 3 is 1.83 bits per heavy atom. The molecule has 2 nitrogen and oxygen atoms in total. The van der Waals surface area contributed by atoms with E-state index < -0.39 is 0 Å². The Bertz CT molecular complexity index is 1110. The van der Waals surface area contributed by atoms with Crippen LogP contribution in [0.25, 0.3) is 0 Å². The molecule has 0 bridgehead atoms. The average molecular weight is 412 g/mol. The van der Waals surface area contributed by atoms with Gasteiger partial charge < -0.3 is 10.2 Å². The fourth-order valence-electron chi connectivity index (χ4n) is 3.67. The molecular weight excluding hydrogens is 387 g/mol. The van der Waals surface area contributed by atoms with Crippen LogP contribution in [0.5, 0.6) is 5.75 Å². The summed E-state index contributed by atoms with van der Waals surface area (Å²) in [6, 6.07) is 32.8. The molecule has 3 heteroatoms. The fourth-order valence-corrected chi connectivity index (χ4v) is 4.99. The number of aliphatic hydroxyl groups is 1. The summed E-state index contributed by atoms with van der Waals surface area (Å²) in [5.41, 5.74) is 5.47. The number of phenols is 1. The van der Waals surface area contributed by atoms with Gasteiger partial charge in [0.15, 0.2) is 0 Å². The van der Waals surface area contributed by atoms with Gasteiger partial charge in [0.1, 0.15) is 5.75 Å². The van der Waals surface area contributed by atoms with Gasteiger partial charge in [0.25, 0.3) is 0 Å². The zero-order chi connectivity index (χ0) is 20.8. The van der Waals surface area contributed by atoms with Crippen molar-refractivity contribution in [3.05, 3.63) is 125 Å². The van der Waals surface area contributed by atoms with Crippen LogP contribution in [0.1, 0.15) is 27.8 Å². The van der Waals surface area contributed by atoms with Crippen LogP contribution in [0.3, 0.4) is 0 Å². The van der Waals surface area contributed by atoms with Crippen LogP contribution in [0.4, 0.5) is 0 Å². The van der Waals surface area contributed by atoms with E-state index in [1.54, 1.807) is 0 Å². The van der Waals surface area contributed by atoms with Gasteiger partial charge in [0.05, 0.1) is 6.61 Å². The summed E-state index contributed by atoms with van der Waals surface area (Å²) in [4.78, 5) is 0. The molecule has 0 aromatic heterocycles. The lowest BCUT2D eigenvalue weighted by Gasteiger charge is -2.15. The van der Waals surface area contributed by atoms with Crippen molar-refractivity contribution in [2.75, 3.05) is 0 Å². The van der Waals surface area contributed by atoms with Crippen LogP contribution in [-0.4, -0.2) is 10.2 Å². The van der Waals surface area contributed by atoms with Crippen LogP contribution in [0.2, 0.25) is 0 Å². The highest BCUT2D eigenvalue weighted by Crippen LogP contribution is 2.28. The predicted molar refractivity (Wildman–Crippen MR) is 127 cm³/mol. The topological polar surface area (TPSA) is 40.5 Å². The molecule has 2 N–H and O–H groups in total. The highest BCUT2D eigenvalue weighted by Gasteiger charge is 2.13. The lowest BCUT2D eigenvalue weighted by Crippen LogP contribution is -2.11. The summed E-state index contributed by atoms with van der Waals surface area (Å²) < 4.78 is 0. The summed E-state index contributed by atoms with van der Waals surface area (Å²) in [5, 5.41) is 22.8. The summed E-state index contributed by atoms with van der Waals surface area (Å²) in [7, 11) is 0.285. The third-order valence-electron chi connectivity index (χ3n) is 5.19. The third-order valence-corrected chi connectivity index (χ3v) is 6.60. The zero-order valence-electron chi connectivity index (χ0n) is 16.8. The Kier molecular flexibility index (Phi) is 6.59. The van der Waals surface area contributed by atoms with Crippen molar-refractivity contribution >= 4 is 19.2 Å². The summed E-state index contributed by atoms with van der Waals surface area (Å²) in [5.74, 6) is 0.363. The molecule has 0 heterocycles. The quantitative estimate of drug-likeness (QED) is 0.432. The number of rotatable bonds is 7. The molecule has 150 valence electrons. The summed E-state index contributed by atoms with van der Waals surface area (Å²) >= 11 is 0. The molecule has 4 aromatic rings. The first kappa shape index (κ1) is 20.3. The Morgan fingerprint density at radius 2 is 1.17 bits per heavy atom. The summed E-state index contributed by atoms with van der Waals surface area (Å²) in [6.07, 6.45) is 1.51. The van der Waals surface area contributed by atoms with Gasteiger partial charge in [-0.15, -0.1) is 0 Å². The number of hydrogen-bond acceptors (Lipinski definition) is 2. The molecule has 4 rings (SSSR count). The molecule has 0 saturated carbocycles. The van der Waals surface area contributed by atoms with Crippen molar-refractivity contribution in [1.29, 1.82) is 0 Å². The van der Waals surface area contributed by atoms with E-state index in [1.165, 1.54) is 16.7 Å². The molecule has 0 saturated heterocycles. The lowest BCUT2D eigenvalue weighted by atomic mass is 9.98. The molecule has 0 aliphatic rings. The highest BCUT2D eigenvalue weighted by atomic mass is 31.1. The maximum Gasteiger partial charge on any atom is 0.126 e. The van der Waals surface area contributed by atoms with Gasteiger partial charge in [-0.2, -0.15) is 0 Å². The fraction of sp³-hybridized carbons (Fsp3) is 0.111. The first-order valence-electron chi connectivity index (χ1n) is 10.1.